The molecule has 0 saturated carbocycles. The first kappa shape index (κ1) is 40.5. The lowest BCUT2D eigenvalue weighted by atomic mass is 9.69. The first-order chi connectivity index (χ1) is 44.9. The molecule has 0 radical (unpaired) electrons. The largest absolute Gasteiger partial charge is 0.457 e. The van der Waals surface area contributed by atoms with E-state index in [1.807, 2.05) is 65.7 Å². The Morgan fingerprint density at radius 2 is 1.10 bits per heavy atom. The molecule has 3 heterocycles. The van der Waals surface area contributed by atoms with Gasteiger partial charge in [0.2, 0.25) is 0 Å². The Labute approximate surface area is 500 Å². The molecule has 0 bridgehead atoms. The number of benzene rings is 10. The maximum absolute atomic E-state index is 9.21. The van der Waals surface area contributed by atoms with Gasteiger partial charge >= 0.3 is 0 Å². The van der Waals surface area contributed by atoms with Gasteiger partial charge in [0.05, 0.1) is 41.8 Å². The van der Waals surface area contributed by atoms with Gasteiger partial charge in [-0.05, 0) is 143 Å². The van der Waals surface area contributed by atoms with Crippen LogP contribution in [0.1, 0.15) is 88.3 Å². The fourth-order valence-corrected chi connectivity index (χ4v) is 13.2. The van der Waals surface area contributed by atoms with E-state index in [1.165, 1.54) is 40.7 Å². The van der Waals surface area contributed by atoms with Crippen molar-refractivity contribution in [2.75, 3.05) is 16.5 Å². The second-order valence-electron chi connectivity index (χ2n) is 22.9. The minimum absolute atomic E-state index is 0.0881. The monoisotopic (exact) mass is 1090 g/mol. The van der Waals surface area contributed by atoms with E-state index in [1.54, 1.807) is 18.2 Å². The van der Waals surface area contributed by atoms with Crippen molar-refractivity contribution in [2.45, 2.75) is 70.6 Å². The number of anilines is 4. The smallest absolute Gasteiger partial charge is 0.143 e. The molecule has 2 aliphatic carbocycles. The highest BCUT2D eigenvalue weighted by molar-refractivity contribution is 6.09. The average molecular weight is 1090 g/mol. The van der Waals surface area contributed by atoms with Gasteiger partial charge < -0.3 is 19.3 Å². The van der Waals surface area contributed by atoms with Crippen LogP contribution in [0.2, 0.25) is 0 Å². The van der Waals surface area contributed by atoms with Gasteiger partial charge in [0.1, 0.15) is 35.5 Å². The number of hydrogen-bond acceptors (Lipinski definition) is 5. The van der Waals surface area contributed by atoms with Gasteiger partial charge in [-0.3, -0.25) is 4.57 Å². The quantitative estimate of drug-likeness (QED) is 0.129. The van der Waals surface area contributed by atoms with E-state index >= 15 is 0 Å². The third-order valence-electron chi connectivity index (χ3n) is 16.9. The zero-order valence-electron chi connectivity index (χ0n) is 56.5. The van der Waals surface area contributed by atoms with Crippen LogP contribution in [0.25, 0.3) is 72.1 Å². The molecule has 0 unspecified atom stereocenters. The van der Waals surface area contributed by atoms with E-state index < -0.39 is 60.4 Å². The summed E-state index contributed by atoms with van der Waals surface area (Å²) in [6.45, 7) is 6.51. The van der Waals surface area contributed by atoms with Crippen molar-refractivity contribution in [3.05, 3.63) is 265 Å². The Bertz CT molecular complexity index is 4830. The molecule has 0 N–H and O–H groups in total. The first-order valence-corrected chi connectivity index (χ1v) is 28.7. The van der Waals surface area contributed by atoms with Gasteiger partial charge in [-0.2, -0.15) is 0 Å². The molecule has 10 aromatic carbocycles. The van der Waals surface area contributed by atoms with Crippen LogP contribution >= 0.6 is 0 Å². The number of aromatic nitrogens is 2. The fraction of sp³-hybridized carbons (Fsp3) is 0.156. The number of rotatable bonds is 11. The van der Waals surface area contributed by atoms with Crippen molar-refractivity contribution in [1.82, 2.24) is 9.55 Å². The molecule has 12 aromatic rings. The molecule has 0 atom stereocenters. The van der Waals surface area contributed by atoms with E-state index in [-0.39, 0.29) is 34.3 Å². The third-order valence-corrected chi connectivity index (χ3v) is 16.9. The molecule has 0 saturated heterocycles. The van der Waals surface area contributed by atoms with Crippen LogP contribution in [-0.4, -0.2) is 16.2 Å². The molecule has 404 valence electrons. The van der Waals surface area contributed by atoms with Gasteiger partial charge in [0, 0.05) is 63.1 Å². The number of ether oxygens (including phenoxy) is 2. The van der Waals surface area contributed by atoms with Crippen molar-refractivity contribution in [1.29, 1.82) is 0 Å². The normalized spacial score (nSPS) is 15.7. The molecule has 1 aliphatic heterocycles. The van der Waals surface area contributed by atoms with Gasteiger partial charge in [-0.15, -0.1) is 0 Å². The number of nitrogens with zero attached hydrogens (tertiary/aromatic N) is 4. The summed E-state index contributed by atoms with van der Waals surface area (Å²) in [5, 5.41) is 2.06. The van der Waals surface area contributed by atoms with Crippen molar-refractivity contribution in [3.8, 4) is 73.3 Å². The summed E-state index contributed by atoms with van der Waals surface area (Å²) in [7, 11) is 0. The third kappa shape index (κ3) is 9.01. The molecule has 6 heteroatoms. The SMILES string of the molecule is [2H]c1c([2H])c([2H])c(-c2cccc(-c3c([2H])c([2H])c([2H])c([2H])c3[2H])c2N2CN(c3cc(Oc4ccc5c6ccccc6n(-c6cc(Oc7c(-c8ccccc8)c8c9c(c7-c7ccccc7)CCCC9CCC8)ccn6)c5c4)cc(C(C)(C)C)c3)c3ccccc32)c([2H])c1[2H]. The Hall–Kier alpha value is -9.65. The Balaban J connectivity index is 0.843. The van der Waals surface area contributed by atoms with Gasteiger partial charge in [-0.25, -0.2) is 4.98 Å². The van der Waals surface area contributed by atoms with Gasteiger partial charge in [-0.1, -0.05) is 190 Å². The van der Waals surface area contributed by atoms with Crippen molar-refractivity contribution in [2.24, 2.45) is 0 Å². The number of pyridine rings is 1. The van der Waals surface area contributed by atoms with E-state index in [9.17, 15) is 5.48 Å². The minimum atomic E-state index is -0.555. The highest BCUT2D eigenvalue weighted by atomic mass is 16.5. The highest BCUT2D eigenvalue weighted by Gasteiger charge is 2.36. The average Bonchev–Trinajstić information content (AvgIpc) is 1.50. The molecule has 2 aromatic heterocycles. The Morgan fingerprint density at radius 3 is 1.75 bits per heavy atom. The van der Waals surface area contributed by atoms with Crippen LogP contribution in [0.5, 0.6) is 23.0 Å². The van der Waals surface area contributed by atoms with Crippen LogP contribution < -0.4 is 19.3 Å². The lowest BCUT2D eigenvalue weighted by Gasteiger charge is -2.36. The second-order valence-corrected chi connectivity index (χ2v) is 22.9. The van der Waals surface area contributed by atoms with Crippen molar-refractivity contribution >= 4 is 44.6 Å². The van der Waals surface area contributed by atoms with Gasteiger partial charge in [0.15, 0.2) is 0 Å². The first-order valence-electron chi connectivity index (χ1n) is 33.7. The standard InChI is InChI=1S/C77H64N4O2/c1-77(2,3)56-45-57(79-50-80(69-40-19-18-39-68(69)79)75-61(51-23-8-4-9-24-51)34-22-35-62(75)52-25-10-5-11-26-52)47-60(46-56)82-58-41-42-64-63-33-16-17-38-67(63)81(70(64)48-58)71-49-59(43-44-78-71)83-76-73(54-27-12-6-13-28-54)65-36-20-31-53-32-21-37-66(72(53)65)74(76)55-29-14-7-15-30-55/h4-19,22-30,33-35,38-49,53H,20-21,31-32,36-37,50H2,1-3H3/i4D,5D,8D,9D,10D,11D,23D,24D,25D,26D. The molecule has 0 amide bonds. The topological polar surface area (TPSA) is 42.8 Å². The molecule has 6 nitrogen and oxygen atoms in total. The van der Waals surface area contributed by atoms with E-state index in [2.05, 4.69) is 133 Å². The lowest BCUT2D eigenvalue weighted by molar-refractivity contribution is 0.461. The molecule has 15 rings (SSSR count). The molecule has 3 aliphatic rings. The number of para-hydroxylation sites is 4. The van der Waals surface area contributed by atoms with Gasteiger partial charge in [0.25, 0.3) is 0 Å². The summed E-state index contributed by atoms with van der Waals surface area (Å²) in [5.41, 5.74) is 14.1. The second kappa shape index (κ2) is 20.7. The molecule has 83 heavy (non-hydrogen) atoms. The van der Waals surface area contributed by atoms with Crippen LogP contribution in [0, 0.1) is 0 Å². The number of fused-ring (bicyclic) bond motifs is 4. The van der Waals surface area contributed by atoms with Crippen LogP contribution in [0.4, 0.5) is 22.7 Å². The van der Waals surface area contributed by atoms with Crippen LogP contribution in [0.15, 0.2) is 243 Å². The van der Waals surface area contributed by atoms with Crippen LogP contribution in [0.3, 0.4) is 0 Å². The van der Waals surface area contributed by atoms with Crippen molar-refractivity contribution < 1.29 is 23.2 Å². The summed E-state index contributed by atoms with van der Waals surface area (Å²) < 4.78 is 105. The minimum Gasteiger partial charge on any atom is -0.457 e. The number of hydrogen-bond donors (Lipinski definition) is 0. The predicted molar refractivity (Wildman–Crippen MR) is 343 cm³/mol. The zero-order chi connectivity index (χ0) is 64.3. The van der Waals surface area contributed by atoms with E-state index in [0.29, 0.717) is 40.4 Å². The van der Waals surface area contributed by atoms with Crippen molar-refractivity contribution in [3.63, 3.8) is 0 Å². The maximum Gasteiger partial charge on any atom is 0.143 e. The molecule has 0 fully saturated rings. The molecule has 0 spiro atoms. The molecular weight excluding hydrogens is 1010 g/mol. The lowest BCUT2D eigenvalue weighted by Crippen LogP contribution is -2.25. The highest BCUT2D eigenvalue weighted by Crippen LogP contribution is 2.55. The fourth-order valence-electron chi connectivity index (χ4n) is 13.2. The Morgan fingerprint density at radius 1 is 0.506 bits per heavy atom. The molecular formula is C77H64N4O2. The van der Waals surface area contributed by atoms with Crippen LogP contribution in [-0.2, 0) is 18.3 Å². The Kier molecular flexibility index (Phi) is 10.1. The zero-order valence-corrected chi connectivity index (χ0v) is 46.5. The maximum atomic E-state index is 9.21. The van der Waals surface area contributed by atoms with E-state index in [4.69, 9.17) is 22.7 Å². The van der Waals surface area contributed by atoms with E-state index in [0.717, 1.165) is 81.3 Å². The summed E-state index contributed by atoms with van der Waals surface area (Å²) in [6, 6.07) is 53.7. The summed E-state index contributed by atoms with van der Waals surface area (Å²) in [5.74, 6) is 3.88. The summed E-state index contributed by atoms with van der Waals surface area (Å²) >= 11 is 0. The summed E-state index contributed by atoms with van der Waals surface area (Å²) in [6.07, 6.45) is 8.53. The summed E-state index contributed by atoms with van der Waals surface area (Å²) in [4.78, 5) is 9.12. The predicted octanol–water partition coefficient (Wildman–Crippen LogP) is 20.7.